The first-order chi connectivity index (χ1) is 8.16. The molecule has 0 aliphatic heterocycles. The molecule has 1 heterocycles. The molecule has 0 spiro atoms. The van der Waals surface area contributed by atoms with Gasteiger partial charge in [0.2, 0.25) is 0 Å². The number of benzene rings is 1. The van der Waals surface area contributed by atoms with E-state index in [2.05, 4.69) is 15.3 Å². The highest BCUT2D eigenvalue weighted by Crippen LogP contribution is 2.25. The van der Waals surface area contributed by atoms with Crippen molar-refractivity contribution < 1.29 is 4.79 Å². The fourth-order valence-corrected chi connectivity index (χ4v) is 1.66. The molecule has 0 bridgehead atoms. The number of nitrogens with zero attached hydrogens (tertiary/aromatic N) is 2. The first-order valence-corrected chi connectivity index (χ1v) is 5.44. The molecule has 0 atom stereocenters. The number of halogens is 2. The van der Waals surface area contributed by atoms with Gasteiger partial charge >= 0.3 is 0 Å². The predicted molar refractivity (Wildman–Crippen MR) is 66.4 cm³/mol. The van der Waals surface area contributed by atoms with Gasteiger partial charge in [-0.05, 0) is 18.2 Å². The summed E-state index contributed by atoms with van der Waals surface area (Å²) < 4.78 is 0. The van der Waals surface area contributed by atoms with E-state index in [0.717, 1.165) is 0 Å². The maximum atomic E-state index is 11.8. The first kappa shape index (κ1) is 11.8. The Bertz CT molecular complexity index is 546. The van der Waals surface area contributed by atoms with Gasteiger partial charge in [-0.2, -0.15) is 0 Å². The van der Waals surface area contributed by atoms with Crippen LogP contribution in [-0.4, -0.2) is 15.9 Å². The second-order valence-corrected chi connectivity index (χ2v) is 4.05. The normalized spacial score (nSPS) is 10.0. The lowest BCUT2D eigenvalue weighted by Gasteiger charge is -2.06. The molecule has 1 aromatic carbocycles. The number of hydrogen-bond donors (Lipinski definition) is 1. The summed E-state index contributed by atoms with van der Waals surface area (Å²) in [6.07, 6.45) is 4.20. The molecule has 1 amide bonds. The Kier molecular flexibility index (Phi) is 3.56. The van der Waals surface area contributed by atoms with Gasteiger partial charge in [-0.25, -0.2) is 9.97 Å². The number of rotatable bonds is 2. The van der Waals surface area contributed by atoms with Gasteiger partial charge in [0.25, 0.3) is 5.91 Å². The van der Waals surface area contributed by atoms with E-state index in [1.54, 1.807) is 18.2 Å². The molecule has 0 fully saturated rings. The third-order valence-electron chi connectivity index (χ3n) is 2.00. The summed E-state index contributed by atoms with van der Waals surface area (Å²) in [5.41, 5.74) is 0.850. The smallest absolute Gasteiger partial charge is 0.258 e. The van der Waals surface area contributed by atoms with E-state index < -0.39 is 0 Å². The quantitative estimate of drug-likeness (QED) is 0.910. The van der Waals surface area contributed by atoms with Gasteiger partial charge in [0.15, 0.2) is 0 Å². The van der Waals surface area contributed by atoms with Crippen LogP contribution in [0.4, 0.5) is 5.69 Å². The minimum absolute atomic E-state index is 0.324. The number of carbonyl (C=O) groups is 1. The number of hydrogen-bond acceptors (Lipinski definition) is 3. The van der Waals surface area contributed by atoms with Crippen LogP contribution in [0, 0.1) is 0 Å². The van der Waals surface area contributed by atoms with Crippen molar-refractivity contribution in [1.29, 1.82) is 0 Å². The second kappa shape index (κ2) is 5.12. The predicted octanol–water partition coefficient (Wildman–Crippen LogP) is 3.04. The largest absolute Gasteiger partial charge is 0.321 e. The van der Waals surface area contributed by atoms with Gasteiger partial charge in [0, 0.05) is 17.4 Å². The molecule has 0 radical (unpaired) electrons. The SMILES string of the molecule is O=C(Nc1ccc(Cl)cc1Cl)c1cncnc1. The van der Waals surface area contributed by atoms with Crippen molar-refractivity contribution in [3.8, 4) is 0 Å². The van der Waals surface area contributed by atoms with E-state index in [1.807, 2.05) is 0 Å². The summed E-state index contributed by atoms with van der Waals surface area (Å²) in [4.78, 5) is 19.3. The summed E-state index contributed by atoms with van der Waals surface area (Å²) in [6.45, 7) is 0. The zero-order valence-corrected chi connectivity index (χ0v) is 10.0. The summed E-state index contributed by atoms with van der Waals surface area (Å²) in [7, 11) is 0. The van der Waals surface area contributed by atoms with E-state index in [9.17, 15) is 4.79 Å². The Balaban J connectivity index is 2.19. The van der Waals surface area contributed by atoms with Gasteiger partial charge in [-0.1, -0.05) is 23.2 Å². The van der Waals surface area contributed by atoms with Gasteiger partial charge < -0.3 is 5.32 Å². The van der Waals surface area contributed by atoms with Crippen LogP contribution in [-0.2, 0) is 0 Å². The maximum Gasteiger partial charge on any atom is 0.258 e. The van der Waals surface area contributed by atoms with Gasteiger partial charge in [-0.15, -0.1) is 0 Å². The van der Waals surface area contributed by atoms with Crippen molar-refractivity contribution in [2.24, 2.45) is 0 Å². The van der Waals surface area contributed by atoms with E-state index in [-0.39, 0.29) is 5.91 Å². The van der Waals surface area contributed by atoms with Crippen LogP contribution < -0.4 is 5.32 Å². The van der Waals surface area contributed by atoms with E-state index >= 15 is 0 Å². The summed E-state index contributed by atoms with van der Waals surface area (Å²) in [5, 5.41) is 3.53. The minimum atomic E-state index is -0.324. The standard InChI is InChI=1S/C11H7Cl2N3O/c12-8-1-2-10(9(13)3-8)16-11(17)7-4-14-6-15-5-7/h1-6H,(H,16,17). The molecular formula is C11H7Cl2N3O. The highest BCUT2D eigenvalue weighted by Gasteiger charge is 2.08. The third kappa shape index (κ3) is 2.93. The lowest BCUT2D eigenvalue weighted by molar-refractivity contribution is 0.102. The highest BCUT2D eigenvalue weighted by molar-refractivity contribution is 6.36. The van der Waals surface area contributed by atoms with E-state index in [1.165, 1.54) is 18.7 Å². The maximum absolute atomic E-state index is 11.8. The van der Waals surface area contributed by atoms with Crippen LogP contribution in [0.3, 0.4) is 0 Å². The van der Waals surface area contributed by atoms with Crippen LogP contribution in [0.2, 0.25) is 10.0 Å². The number of nitrogens with one attached hydrogen (secondary N) is 1. The van der Waals surface area contributed by atoms with Crippen molar-refractivity contribution in [2.45, 2.75) is 0 Å². The number of amides is 1. The average molecular weight is 268 g/mol. The molecule has 86 valence electrons. The van der Waals surface area contributed by atoms with Crippen LogP contribution in [0.5, 0.6) is 0 Å². The zero-order chi connectivity index (χ0) is 12.3. The van der Waals surface area contributed by atoms with Crippen molar-refractivity contribution in [1.82, 2.24) is 9.97 Å². The Hall–Kier alpha value is -1.65. The second-order valence-electron chi connectivity index (χ2n) is 3.21. The molecule has 0 saturated heterocycles. The molecule has 1 N–H and O–H groups in total. The molecule has 0 aliphatic carbocycles. The van der Waals surface area contributed by atoms with E-state index in [4.69, 9.17) is 23.2 Å². The number of carbonyl (C=O) groups excluding carboxylic acids is 1. The van der Waals surface area contributed by atoms with Crippen LogP contribution in [0.1, 0.15) is 10.4 Å². The lowest BCUT2D eigenvalue weighted by atomic mass is 10.3. The molecule has 2 rings (SSSR count). The molecule has 0 aliphatic rings. The van der Waals surface area contributed by atoms with Crippen molar-refractivity contribution in [2.75, 3.05) is 5.32 Å². The fourth-order valence-electron chi connectivity index (χ4n) is 1.20. The number of anilines is 1. The topological polar surface area (TPSA) is 54.9 Å². The Morgan fingerprint density at radius 1 is 1.18 bits per heavy atom. The summed E-state index contributed by atoms with van der Waals surface area (Å²) in [6, 6.07) is 4.83. The Labute approximate surface area is 108 Å². The summed E-state index contributed by atoms with van der Waals surface area (Å²) >= 11 is 11.7. The van der Waals surface area contributed by atoms with Crippen molar-refractivity contribution in [3.05, 3.63) is 52.5 Å². The average Bonchev–Trinajstić information content (AvgIpc) is 2.34. The summed E-state index contributed by atoms with van der Waals surface area (Å²) in [5.74, 6) is -0.324. The number of aromatic nitrogens is 2. The Morgan fingerprint density at radius 2 is 1.88 bits per heavy atom. The molecule has 17 heavy (non-hydrogen) atoms. The molecular weight excluding hydrogens is 261 g/mol. The molecule has 1 aromatic heterocycles. The van der Waals surface area contributed by atoms with Gasteiger partial charge in [0.1, 0.15) is 6.33 Å². The zero-order valence-electron chi connectivity index (χ0n) is 8.52. The molecule has 6 heteroatoms. The highest BCUT2D eigenvalue weighted by atomic mass is 35.5. The van der Waals surface area contributed by atoms with E-state index in [0.29, 0.717) is 21.3 Å². The third-order valence-corrected chi connectivity index (χ3v) is 2.55. The minimum Gasteiger partial charge on any atom is -0.321 e. The molecule has 0 unspecified atom stereocenters. The molecule has 4 nitrogen and oxygen atoms in total. The fraction of sp³-hybridized carbons (Fsp3) is 0. The van der Waals surface area contributed by atoms with Crippen molar-refractivity contribution in [3.63, 3.8) is 0 Å². The van der Waals surface area contributed by atoms with Crippen molar-refractivity contribution >= 4 is 34.8 Å². The van der Waals surface area contributed by atoms with Gasteiger partial charge in [0.05, 0.1) is 16.3 Å². The van der Waals surface area contributed by atoms with Crippen LogP contribution >= 0.6 is 23.2 Å². The van der Waals surface area contributed by atoms with Gasteiger partial charge in [-0.3, -0.25) is 4.79 Å². The van der Waals surface area contributed by atoms with Crippen LogP contribution in [0.15, 0.2) is 36.9 Å². The first-order valence-electron chi connectivity index (χ1n) is 4.68. The molecule has 2 aromatic rings. The van der Waals surface area contributed by atoms with Crippen LogP contribution in [0.25, 0.3) is 0 Å². The molecule has 0 saturated carbocycles. The Morgan fingerprint density at radius 3 is 2.53 bits per heavy atom. The monoisotopic (exact) mass is 267 g/mol. The lowest BCUT2D eigenvalue weighted by Crippen LogP contribution is -2.12.